The van der Waals surface area contributed by atoms with E-state index in [0.717, 1.165) is 4.90 Å². The third-order valence-corrected chi connectivity index (χ3v) is 2.79. The zero-order valence-corrected chi connectivity index (χ0v) is 12.6. The summed E-state index contributed by atoms with van der Waals surface area (Å²) in [7, 11) is 1.40. The van der Waals surface area contributed by atoms with Crippen molar-refractivity contribution < 1.29 is 24.5 Å². The molecule has 1 aromatic carbocycles. The molecule has 0 fully saturated rings. The maximum atomic E-state index is 12.1. The van der Waals surface area contributed by atoms with Gasteiger partial charge in [-0.3, -0.25) is 0 Å². The highest BCUT2D eigenvalue weighted by Gasteiger charge is 2.35. The van der Waals surface area contributed by atoms with Crippen LogP contribution in [0.1, 0.15) is 32.4 Å². The van der Waals surface area contributed by atoms with Crippen molar-refractivity contribution in [1.29, 1.82) is 0 Å². The van der Waals surface area contributed by atoms with Crippen LogP contribution in [0.5, 0.6) is 0 Å². The second-order valence-electron chi connectivity index (χ2n) is 5.73. The smallest absolute Gasteiger partial charge is 0.410 e. The second-order valence-corrected chi connectivity index (χ2v) is 5.73. The number of rotatable bonds is 4. The lowest BCUT2D eigenvalue weighted by atomic mass is 10.0. The number of nitrogens with zero attached hydrogens (tertiary/aromatic N) is 1. The fraction of sp³-hybridized carbons (Fsp3) is 0.467. The number of aliphatic hydroxyl groups is 1. The monoisotopic (exact) mass is 295 g/mol. The first-order valence-corrected chi connectivity index (χ1v) is 6.55. The van der Waals surface area contributed by atoms with Crippen molar-refractivity contribution in [2.75, 3.05) is 7.05 Å². The van der Waals surface area contributed by atoms with Gasteiger partial charge >= 0.3 is 12.1 Å². The van der Waals surface area contributed by atoms with Gasteiger partial charge in [0.05, 0.1) is 6.04 Å². The summed E-state index contributed by atoms with van der Waals surface area (Å²) in [5.41, 5.74) is -0.193. The van der Waals surface area contributed by atoms with Crippen LogP contribution in [-0.4, -0.2) is 45.9 Å². The first kappa shape index (κ1) is 17.0. The number of ether oxygens (including phenoxy) is 1. The van der Waals surface area contributed by atoms with Crippen LogP contribution >= 0.6 is 0 Å². The highest BCUT2D eigenvalue weighted by molar-refractivity contribution is 5.75. The van der Waals surface area contributed by atoms with Crippen LogP contribution in [0.2, 0.25) is 0 Å². The van der Waals surface area contributed by atoms with E-state index in [9.17, 15) is 14.7 Å². The summed E-state index contributed by atoms with van der Waals surface area (Å²) in [6.45, 7) is 5.14. The van der Waals surface area contributed by atoms with Crippen LogP contribution in [0, 0.1) is 0 Å². The Kier molecular flexibility index (Phi) is 5.32. The largest absolute Gasteiger partial charge is 0.479 e. The van der Waals surface area contributed by atoms with Crippen molar-refractivity contribution in [3.63, 3.8) is 0 Å². The van der Waals surface area contributed by atoms with E-state index >= 15 is 0 Å². The zero-order valence-electron chi connectivity index (χ0n) is 12.6. The molecule has 21 heavy (non-hydrogen) atoms. The molecule has 0 saturated heterocycles. The van der Waals surface area contributed by atoms with Gasteiger partial charge in [0.2, 0.25) is 0 Å². The number of carbonyl (C=O) groups excluding carboxylic acids is 1. The van der Waals surface area contributed by atoms with Crippen molar-refractivity contribution in [3.05, 3.63) is 35.9 Å². The van der Waals surface area contributed by atoms with Crippen LogP contribution in [0.4, 0.5) is 4.79 Å². The summed E-state index contributed by atoms with van der Waals surface area (Å²) >= 11 is 0. The minimum atomic E-state index is -1.75. The standard InChI is InChI=1S/C15H21NO5/c1-15(2,3)21-14(20)16(4)11(12(17)13(18)19)10-8-6-5-7-9-10/h5-9,11-12,17H,1-4H3,(H,18,19)/t11-,12-/m0/s1. The minimum Gasteiger partial charge on any atom is -0.479 e. The topological polar surface area (TPSA) is 87.1 Å². The van der Waals surface area contributed by atoms with E-state index in [1.54, 1.807) is 51.1 Å². The molecule has 2 atom stereocenters. The fourth-order valence-electron chi connectivity index (χ4n) is 1.85. The number of carboxylic acids is 1. The predicted molar refractivity (Wildman–Crippen MR) is 76.8 cm³/mol. The van der Waals surface area contributed by atoms with Crippen molar-refractivity contribution in [2.24, 2.45) is 0 Å². The van der Waals surface area contributed by atoms with Crippen molar-refractivity contribution >= 4 is 12.1 Å². The summed E-state index contributed by atoms with van der Waals surface area (Å²) < 4.78 is 5.21. The maximum Gasteiger partial charge on any atom is 0.410 e. The van der Waals surface area contributed by atoms with Gasteiger partial charge < -0.3 is 19.8 Å². The summed E-state index contributed by atoms with van der Waals surface area (Å²) in [5, 5.41) is 19.0. The third-order valence-electron chi connectivity index (χ3n) is 2.79. The zero-order chi connectivity index (χ0) is 16.2. The van der Waals surface area contributed by atoms with Crippen molar-refractivity contribution in [2.45, 2.75) is 38.5 Å². The highest BCUT2D eigenvalue weighted by atomic mass is 16.6. The van der Waals surface area contributed by atoms with Gasteiger partial charge in [0.15, 0.2) is 6.10 Å². The molecule has 1 aromatic rings. The quantitative estimate of drug-likeness (QED) is 0.887. The lowest BCUT2D eigenvalue weighted by molar-refractivity contribution is -0.150. The number of carboxylic acid groups (broad SMARTS) is 1. The molecule has 0 aliphatic carbocycles. The molecule has 0 unspecified atom stereocenters. The summed E-state index contributed by atoms with van der Waals surface area (Å²) in [6, 6.07) is 7.45. The van der Waals surface area contributed by atoms with E-state index in [0.29, 0.717) is 5.56 Å². The number of aliphatic hydroxyl groups excluding tert-OH is 1. The van der Waals surface area contributed by atoms with Gasteiger partial charge in [0, 0.05) is 7.05 Å². The molecule has 0 radical (unpaired) electrons. The summed E-state index contributed by atoms with van der Waals surface area (Å²) in [4.78, 5) is 24.3. The van der Waals surface area contributed by atoms with Crippen molar-refractivity contribution in [1.82, 2.24) is 4.90 Å². The molecule has 0 heterocycles. The number of likely N-dealkylation sites (N-methyl/N-ethyl adjacent to an activating group) is 1. The normalized spacial score (nSPS) is 14.1. The highest BCUT2D eigenvalue weighted by Crippen LogP contribution is 2.25. The van der Waals surface area contributed by atoms with E-state index in [1.807, 2.05) is 0 Å². The van der Waals surface area contributed by atoms with Crippen LogP contribution in [0.3, 0.4) is 0 Å². The lowest BCUT2D eigenvalue weighted by Gasteiger charge is -2.32. The van der Waals surface area contributed by atoms with Gasteiger partial charge in [-0.1, -0.05) is 30.3 Å². The molecule has 6 heteroatoms. The Morgan fingerprint density at radius 3 is 2.14 bits per heavy atom. The number of amides is 1. The average molecular weight is 295 g/mol. The van der Waals surface area contributed by atoms with Crippen LogP contribution in [-0.2, 0) is 9.53 Å². The predicted octanol–water partition coefficient (Wildman–Crippen LogP) is 2.04. The summed E-state index contributed by atoms with van der Waals surface area (Å²) in [5.74, 6) is -1.40. The molecule has 0 aliphatic rings. The Hall–Kier alpha value is -2.08. The number of aliphatic carboxylic acids is 1. The molecule has 1 rings (SSSR count). The average Bonchev–Trinajstić information content (AvgIpc) is 2.37. The van der Waals surface area contributed by atoms with Gasteiger partial charge in [0.25, 0.3) is 0 Å². The van der Waals surface area contributed by atoms with E-state index in [4.69, 9.17) is 9.84 Å². The van der Waals surface area contributed by atoms with Gasteiger partial charge in [-0.25, -0.2) is 9.59 Å². The molecule has 0 aliphatic heterocycles. The van der Waals surface area contributed by atoms with E-state index in [1.165, 1.54) is 7.05 Å². The van der Waals surface area contributed by atoms with Gasteiger partial charge in [-0.2, -0.15) is 0 Å². The fourth-order valence-corrected chi connectivity index (χ4v) is 1.85. The molecule has 116 valence electrons. The Bertz CT molecular complexity index is 495. The molecule has 2 N–H and O–H groups in total. The minimum absolute atomic E-state index is 0.515. The Labute approximate surface area is 124 Å². The Balaban J connectivity index is 3.07. The Morgan fingerprint density at radius 2 is 1.71 bits per heavy atom. The molecular weight excluding hydrogens is 274 g/mol. The van der Waals surface area contributed by atoms with Gasteiger partial charge in [-0.05, 0) is 26.3 Å². The van der Waals surface area contributed by atoms with E-state index in [-0.39, 0.29) is 0 Å². The second kappa shape index (κ2) is 6.58. The van der Waals surface area contributed by atoms with Crippen LogP contribution in [0.15, 0.2) is 30.3 Å². The van der Waals surface area contributed by atoms with E-state index in [2.05, 4.69) is 0 Å². The molecule has 0 saturated carbocycles. The third kappa shape index (κ3) is 4.75. The van der Waals surface area contributed by atoms with Crippen LogP contribution < -0.4 is 0 Å². The summed E-state index contributed by atoms with van der Waals surface area (Å²) in [6.07, 6.45) is -2.44. The number of carbonyl (C=O) groups is 2. The molecule has 0 bridgehead atoms. The van der Waals surface area contributed by atoms with E-state index < -0.39 is 29.8 Å². The molecule has 0 spiro atoms. The SMILES string of the molecule is CN(C(=O)OC(C)(C)C)[C@@H](c1ccccc1)[C@H](O)C(=O)O. The lowest BCUT2D eigenvalue weighted by Crippen LogP contribution is -2.43. The number of hydrogen-bond donors (Lipinski definition) is 2. The first-order valence-electron chi connectivity index (χ1n) is 6.55. The van der Waals surface area contributed by atoms with Gasteiger partial charge in [0.1, 0.15) is 5.60 Å². The number of hydrogen-bond acceptors (Lipinski definition) is 4. The molecular formula is C15H21NO5. The number of benzene rings is 1. The molecule has 1 amide bonds. The van der Waals surface area contributed by atoms with Crippen molar-refractivity contribution in [3.8, 4) is 0 Å². The maximum absolute atomic E-state index is 12.1. The van der Waals surface area contributed by atoms with Crippen LogP contribution in [0.25, 0.3) is 0 Å². The first-order chi connectivity index (χ1) is 9.63. The van der Waals surface area contributed by atoms with Gasteiger partial charge in [-0.15, -0.1) is 0 Å². The molecule has 0 aromatic heterocycles. The Morgan fingerprint density at radius 1 is 1.19 bits per heavy atom. The molecule has 6 nitrogen and oxygen atoms in total.